The fourth-order valence-electron chi connectivity index (χ4n) is 8.72. The molecular formula is C46H57Cl2N7O8. The summed E-state index contributed by atoms with van der Waals surface area (Å²) in [6, 6.07) is 9.74. The van der Waals surface area contributed by atoms with Crippen LogP contribution in [0.3, 0.4) is 0 Å². The average Bonchev–Trinajstić information content (AvgIpc) is 4.09. The van der Waals surface area contributed by atoms with Crippen LogP contribution >= 0.6 is 23.2 Å². The molecule has 4 atom stereocenters. The van der Waals surface area contributed by atoms with Crippen molar-refractivity contribution in [1.82, 2.24) is 30.4 Å². The van der Waals surface area contributed by atoms with E-state index in [0.29, 0.717) is 72.5 Å². The van der Waals surface area contributed by atoms with E-state index in [1.807, 2.05) is 69.0 Å². The molecule has 4 amide bonds. The van der Waals surface area contributed by atoms with E-state index in [1.165, 1.54) is 14.2 Å². The lowest BCUT2D eigenvalue weighted by Gasteiger charge is -2.31. The van der Waals surface area contributed by atoms with Crippen LogP contribution in [0.2, 0.25) is 5.15 Å². The van der Waals surface area contributed by atoms with Gasteiger partial charge in [-0.2, -0.15) is 0 Å². The number of likely N-dealkylation sites (tertiary alicyclic amines) is 2. The van der Waals surface area contributed by atoms with Gasteiger partial charge in [0.15, 0.2) is 0 Å². The molecule has 0 bridgehead atoms. The van der Waals surface area contributed by atoms with Crippen LogP contribution in [-0.2, 0) is 19.1 Å². The highest BCUT2D eigenvalue weighted by atomic mass is 35.5. The largest absolute Gasteiger partial charge is 0.492 e. The fourth-order valence-corrected chi connectivity index (χ4v) is 9.25. The zero-order valence-electron chi connectivity index (χ0n) is 37.1. The summed E-state index contributed by atoms with van der Waals surface area (Å²) >= 11 is 13.8. The lowest BCUT2D eigenvalue weighted by atomic mass is 9.94. The highest BCUT2D eigenvalue weighted by molar-refractivity contribution is 6.35. The quantitative estimate of drug-likeness (QED) is 0.169. The van der Waals surface area contributed by atoms with E-state index in [0.717, 1.165) is 52.8 Å². The number of hydrogen-bond acceptors (Lipinski definition) is 10. The van der Waals surface area contributed by atoms with Crippen molar-refractivity contribution < 1.29 is 38.1 Å². The van der Waals surface area contributed by atoms with Gasteiger partial charge in [0.1, 0.15) is 45.4 Å². The maximum Gasteiger partial charge on any atom is 0.407 e. The number of carbonyl (C=O) groups excluding carboxylic acids is 4. The SMILES string of the molecule is COC(=O)N[C@H](C(=O)N1CCC[C@H]1C1=NC(Cl)=C(c2ccc3c(c2)OCC(C)(C)COc2cc(-c4nc([C@@H]5CCCN5C(=O)[C@@H](NC(=O)OC)C(C)C)[nH]c4Cl)ccc2-3)C1)C(C)C. The van der Waals surface area contributed by atoms with Crippen LogP contribution in [0.25, 0.3) is 28.0 Å². The number of imidazole rings is 1. The van der Waals surface area contributed by atoms with Crippen LogP contribution in [0.5, 0.6) is 11.5 Å². The van der Waals surface area contributed by atoms with E-state index >= 15 is 0 Å². The zero-order valence-corrected chi connectivity index (χ0v) is 38.6. The van der Waals surface area contributed by atoms with Crippen molar-refractivity contribution in [3.05, 3.63) is 58.1 Å². The molecule has 0 saturated carbocycles. The zero-order chi connectivity index (χ0) is 45.3. The highest BCUT2D eigenvalue weighted by Crippen LogP contribution is 2.45. The first kappa shape index (κ1) is 45.7. The lowest BCUT2D eigenvalue weighted by Crippen LogP contribution is -2.53. The number of H-pyrrole nitrogens is 1. The number of nitrogens with zero attached hydrogens (tertiary/aromatic N) is 4. The predicted octanol–water partition coefficient (Wildman–Crippen LogP) is 8.36. The molecule has 4 aliphatic rings. The number of rotatable bonds is 10. The molecule has 0 aliphatic carbocycles. The number of halogens is 2. The average molecular weight is 907 g/mol. The number of aliphatic imine (C=N–C) groups is 1. The molecule has 3 N–H and O–H groups in total. The Labute approximate surface area is 378 Å². The Balaban J connectivity index is 1.14. The molecule has 15 nitrogen and oxygen atoms in total. The van der Waals surface area contributed by atoms with Crippen molar-refractivity contribution in [2.24, 2.45) is 22.2 Å². The van der Waals surface area contributed by atoms with Gasteiger partial charge in [-0.05, 0) is 67.3 Å². The molecule has 2 fully saturated rings. The number of nitrogens with one attached hydrogen (secondary N) is 3. The molecular weight excluding hydrogens is 849 g/mol. The van der Waals surface area contributed by atoms with Gasteiger partial charge in [-0.1, -0.05) is 76.9 Å². The summed E-state index contributed by atoms with van der Waals surface area (Å²) < 4.78 is 22.7. The normalized spacial score (nSPS) is 20.4. The first-order valence-corrected chi connectivity index (χ1v) is 22.3. The van der Waals surface area contributed by atoms with Crippen LogP contribution in [-0.4, -0.2) is 108 Å². The maximum absolute atomic E-state index is 13.8. The van der Waals surface area contributed by atoms with Crippen LogP contribution in [0.15, 0.2) is 46.5 Å². The second-order valence-corrected chi connectivity index (χ2v) is 18.8. The summed E-state index contributed by atoms with van der Waals surface area (Å²) in [6.07, 6.45) is 2.15. The Morgan fingerprint density at radius 2 is 1.30 bits per heavy atom. The number of carbonyl (C=O) groups is 4. The van der Waals surface area contributed by atoms with Crippen molar-refractivity contribution in [2.45, 2.75) is 97.8 Å². The Hall–Kier alpha value is -5.28. The molecule has 63 heavy (non-hydrogen) atoms. The topological polar surface area (TPSA) is 177 Å². The molecule has 0 radical (unpaired) electrons. The van der Waals surface area contributed by atoms with E-state index in [1.54, 1.807) is 4.90 Å². The molecule has 17 heteroatoms. The second-order valence-electron chi connectivity index (χ2n) is 18.1. The van der Waals surface area contributed by atoms with Gasteiger partial charge >= 0.3 is 12.2 Å². The van der Waals surface area contributed by atoms with Gasteiger partial charge in [0.25, 0.3) is 0 Å². The number of benzene rings is 2. The molecule has 0 unspecified atom stereocenters. The summed E-state index contributed by atoms with van der Waals surface area (Å²) in [6.45, 7) is 13.5. The molecule has 5 heterocycles. The summed E-state index contributed by atoms with van der Waals surface area (Å²) in [4.78, 5) is 68.4. The molecule has 3 aromatic rings. The summed E-state index contributed by atoms with van der Waals surface area (Å²) in [5.74, 6) is 1.16. The van der Waals surface area contributed by atoms with Crippen molar-refractivity contribution in [3.63, 3.8) is 0 Å². The molecule has 2 aromatic carbocycles. The Bertz CT molecular complexity index is 2320. The van der Waals surface area contributed by atoms with E-state index in [9.17, 15) is 19.2 Å². The highest BCUT2D eigenvalue weighted by Gasteiger charge is 2.41. The van der Waals surface area contributed by atoms with Gasteiger partial charge in [-0.25, -0.2) is 19.6 Å². The third-order valence-corrected chi connectivity index (χ3v) is 12.8. The van der Waals surface area contributed by atoms with Crippen molar-refractivity contribution >= 4 is 58.5 Å². The van der Waals surface area contributed by atoms with Crippen molar-refractivity contribution in [2.75, 3.05) is 40.5 Å². The summed E-state index contributed by atoms with van der Waals surface area (Å²) in [5.41, 5.74) is 5.03. The number of ether oxygens (including phenoxy) is 4. The lowest BCUT2D eigenvalue weighted by molar-refractivity contribution is -0.135. The summed E-state index contributed by atoms with van der Waals surface area (Å²) in [5, 5.41) is 6.10. The van der Waals surface area contributed by atoms with E-state index in [-0.39, 0.29) is 41.1 Å². The van der Waals surface area contributed by atoms with E-state index in [2.05, 4.69) is 29.5 Å². The standard InChI is InChI=1S/C46H57Cl2N7O8/c1-24(2)36(51-44(58)60-7)42(56)54-17-9-11-32(54)31-21-30(39(47)49-31)26-13-15-28-29-16-14-27(20-35(29)63-23-46(5,6)22-62-34(28)19-26)38-40(48)53-41(50-38)33-12-10-18-55(33)43(57)37(25(3)4)52-45(59)61-8/h13-16,19-20,24-25,32-33,36-37H,9-12,17-18,21-23H2,1-8H3,(H,50,53)(H,51,58)(H,52,59)/t32-,33-,36-,37-/m0/s1. The predicted molar refractivity (Wildman–Crippen MR) is 241 cm³/mol. The Kier molecular flexibility index (Phi) is 13.7. The first-order chi connectivity index (χ1) is 30.0. The van der Waals surface area contributed by atoms with Crippen LogP contribution in [0, 0.1) is 17.3 Å². The van der Waals surface area contributed by atoms with Gasteiger partial charge in [0.2, 0.25) is 11.8 Å². The van der Waals surface area contributed by atoms with Crippen LogP contribution in [0.1, 0.15) is 91.1 Å². The van der Waals surface area contributed by atoms with Crippen LogP contribution in [0.4, 0.5) is 9.59 Å². The van der Waals surface area contributed by atoms with Gasteiger partial charge < -0.3 is 44.4 Å². The number of hydrogen-bond donors (Lipinski definition) is 3. The minimum atomic E-state index is -0.760. The van der Waals surface area contributed by atoms with Gasteiger partial charge in [0, 0.05) is 52.9 Å². The minimum Gasteiger partial charge on any atom is -0.492 e. The number of aromatic nitrogens is 2. The molecule has 7 rings (SSSR count). The number of allylic oxidation sites excluding steroid dienone is 1. The van der Waals surface area contributed by atoms with Gasteiger partial charge in [0.05, 0.1) is 39.5 Å². The Morgan fingerprint density at radius 3 is 1.84 bits per heavy atom. The molecule has 2 saturated heterocycles. The van der Waals surface area contributed by atoms with E-state index < -0.39 is 24.3 Å². The second kappa shape index (κ2) is 18.8. The Morgan fingerprint density at radius 1 is 0.794 bits per heavy atom. The van der Waals surface area contributed by atoms with Crippen LogP contribution < -0.4 is 20.1 Å². The number of methoxy groups -OCH3 is 2. The molecule has 0 spiro atoms. The number of aromatic amines is 1. The van der Waals surface area contributed by atoms with Crippen molar-refractivity contribution in [3.8, 4) is 33.9 Å². The molecule has 1 aromatic heterocycles. The number of alkyl carbamates (subject to hydrolysis) is 2. The fraction of sp³-hybridized carbons (Fsp3) is 0.522. The number of amides is 4. The summed E-state index contributed by atoms with van der Waals surface area (Å²) in [7, 11) is 2.55. The first-order valence-electron chi connectivity index (χ1n) is 21.6. The minimum absolute atomic E-state index is 0.147. The number of fused-ring (bicyclic) bond motifs is 3. The smallest absolute Gasteiger partial charge is 0.407 e. The monoisotopic (exact) mass is 905 g/mol. The molecule has 338 valence electrons. The van der Waals surface area contributed by atoms with E-state index in [4.69, 9.17) is 52.1 Å². The third kappa shape index (κ3) is 9.64. The van der Waals surface area contributed by atoms with Gasteiger partial charge in [-0.3, -0.25) is 9.59 Å². The van der Waals surface area contributed by atoms with Gasteiger partial charge in [-0.15, -0.1) is 0 Å². The van der Waals surface area contributed by atoms with Crippen molar-refractivity contribution in [1.29, 1.82) is 0 Å². The molecule has 4 aliphatic heterocycles. The maximum atomic E-state index is 13.8. The third-order valence-electron chi connectivity index (χ3n) is 12.2.